The monoisotopic (exact) mass is 601 g/mol. The summed E-state index contributed by atoms with van der Waals surface area (Å²) >= 11 is 0. The predicted molar refractivity (Wildman–Crippen MR) is 171 cm³/mol. The van der Waals surface area contributed by atoms with E-state index in [4.69, 9.17) is 10.6 Å². The number of hydrogen-bond acceptors (Lipinski definition) is 10. The Kier molecular flexibility index (Phi) is 29.6. The minimum Gasteiger partial charge on any atom is -0.370 e. The van der Waals surface area contributed by atoms with Gasteiger partial charge in [-0.1, -0.05) is 20.8 Å². The van der Waals surface area contributed by atoms with Gasteiger partial charge in [0.25, 0.3) is 0 Å². The maximum atomic E-state index is 12.6. The van der Waals surface area contributed by atoms with Gasteiger partial charge in [0.05, 0.1) is 6.04 Å². The number of nitrogens with one attached hydrogen (secondary N) is 7. The molecule has 2 amide bonds. The Labute approximate surface area is 255 Å². The number of carbonyl (C=O) groups is 3. The summed E-state index contributed by atoms with van der Waals surface area (Å²) in [4.78, 5) is 40.4. The number of hydrogen-bond donors (Lipinski definition) is 8. The van der Waals surface area contributed by atoms with E-state index in [2.05, 4.69) is 44.3 Å². The van der Waals surface area contributed by atoms with E-state index in [1.807, 2.05) is 13.8 Å². The topological polar surface area (TPSA) is 171 Å². The molecule has 0 aromatic heterocycles. The maximum absolute atomic E-state index is 12.6. The summed E-state index contributed by atoms with van der Waals surface area (Å²) in [5, 5.41) is 19.8. The first kappa shape index (κ1) is 40.3. The molecule has 0 aliphatic rings. The molecule has 0 aromatic rings. The van der Waals surface area contributed by atoms with Crippen molar-refractivity contribution in [3.63, 3.8) is 0 Å². The molecule has 42 heavy (non-hydrogen) atoms. The number of rotatable bonds is 33. The summed E-state index contributed by atoms with van der Waals surface area (Å²) < 4.78 is 0. The van der Waals surface area contributed by atoms with Crippen molar-refractivity contribution >= 4 is 18.1 Å². The summed E-state index contributed by atoms with van der Waals surface area (Å²) in [6.45, 7) is 15.8. The lowest BCUT2D eigenvalue weighted by atomic mass is 10.0. The van der Waals surface area contributed by atoms with Gasteiger partial charge in [0, 0.05) is 6.42 Å². The lowest BCUT2D eigenvalue weighted by Crippen LogP contribution is -2.49. The van der Waals surface area contributed by atoms with Crippen molar-refractivity contribution in [3.05, 3.63) is 0 Å². The molecular weight excluding hydrogens is 536 g/mol. The standard InChI is InChI=1S/C30H64N8O4/c1-4-32-15-5-6-16-33-17-7-8-18-34-19-9-10-20-35-21-11-12-22-36-25-42-38-28(13-14-29(31)40)30(41)37-27(24-39)23-26(2)3/h24,26-28,32-36,38H,4-23,25H2,1-3H3,(H2,31,40)(H,37,41)/t27-,28-/m0/s1. The van der Waals surface area contributed by atoms with Crippen molar-refractivity contribution in [2.24, 2.45) is 11.7 Å². The molecular formula is C30H64N8O4. The highest BCUT2D eigenvalue weighted by atomic mass is 16.7. The van der Waals surface area contributed by atoms with Crippen molar-refractivity contribution in [1.82, 2.24) is 37.4 Å². The zero-order valence-corrected chi connectivity index (χ0v) is 26.9. The van der Waals surface area contributed by atoms with Crippen LogP contribution in [0.25, 0.3) is 0 Å². The Bertz CT molecular complexity index is 642. The molecule has 0 aliphatic carbocycles. The fraction of sp³-hybridized carbons (Fsp3) is 0.900. The van der Waals surface area contributed by atoms with Crippen LogP contribution in [0.4, 0.5) is 0 Å². The molecule has 0 bridgehead atoms. The van der Waals surface area contributed by atoms with E-state index in [1.54, 1.807) is 0 Å². The summed E-state index contributed by atoms with van der Waals surface area (Å²) in [6.07, 6.45) is 10.9. The molecule has 0 unspecified atom stereocenters. The first-order valence-corrected chi connectivity index (χ1v) is 16.4. The lowest BCUT2D eigenvalue weighted by molar-refractivity contribution is -0.130. The molecule has 12 heteroatoms. The Morgan fingerprint density at radius 1 is 0.738 bits per heavy atom. The van der Waals surface area contributed by atoms with Crippen LogP contribution in [-0.4, -0.2) is 95.8 Å². The van der Waals surface area contributed by atoms with Crippen molar-refractivity contribution < 1.29 is 19.2 Å². The molecule has 0 fully saturated rings. The fourth-order valence-corrected chi connectivity index (χ4v) is 4.29. The largest absolute Gasteiger partial charge is 0.370 e. The molecule has 248 valence electrons. The number of primary amides is 1. The van der Waals surface area contributed by atoms with Crippen LogP contribution in [0.1, 0.15) is 91.4 Å². The second kappa shape index (κ2) is 30.8. The van der Waals surface area contributed by atoms with Crippen LogP contribution < -0.4 is 43.1 Å². The lowest BCUT2D eigenvalue weighted by Gasteiger charge is -2.21. The number of unbranched alkanes of at least 4 members (excludes halogenated alkanes) is 4. The normalized spacial score (nSPS) is 12.9. The van der Waals surface area contributed by atoms with Gasteiger partial charge in [-0.25, -0.2) is 0 Å². The molecule has 2 atom stereocenters. The summed E-state index contributed by atoms with van der Waals surface area (Å²) in [7, 11) is 0. The zero-order valence-electron chi connectivity index (χ0n) is 26.9. The van der Waals surface area contributed by atoms with Gasteiger partial charge in [0.1, 0.15) is 19.1 Å². The van der Waals surface area contributed by atoms with E-state index in [9.17, 15) is 14.4 Å². The van der Waals surface area contributed by atoms with Crippen molar-refractivity contribution in [3.8, 4) is 0 Å². The number of hydroxylamine groups is 1. The summed E-state index contributed by atoms with van der Waals surface area (Å²) in [6, 6.07) is -1.35. The minimum atomic E-state index is -0.774. The zero-order chi connectivity index (χ0) is 31.1. The van der Waals surface area contributed by atoms with Gasteiger partial charge < -0.3 is 37.1 Å². The highest BCUT2D eigenvalue weighted by Gasteiger charge is 2.22. The van der Waals surface area contributed by atoms with E-state index < -0.39 is 18.0 Å². The van der Waals surface area contributed by atoms with Gasteiger partial charge in [0.15, 0.2) is 0 Å². The second-order valence-corrected chi connectivity index (χ2v) is 11.3. The van der Waals surface area contributed by atoms with Gasteiger partial charge in [-0.15, -0.1) is 0 Å². The first-order valence-electron chi connectivity index (χ1n) is 16.4. The van der Waals surface area contributed by atoms with Crippen molar-refractivity contribution in [2.75, 3.05) is 65.6 Å². The molecule has 0 heterocycles. The maximum Gasteiger partial charge on any atom is 0.240 e. The number of amides is 2. The molecule has 0 spiro atoms. The number of carbonyl (C=O) groups excluding carboxylic acids is 3. The SMILES string of the molecule is CCNCCCCNCCCCNCCCCNCCCCNCON[C@@H](CCC(N)=O)C(=O)N[C@H](C=O)CC(C)C. The van der Waals surface area contributed by atoms with Gasteiger partial charge in [-0.3, -0.25) is 19.7 Å². The van der Waals surface area contributed by atoms with Crippen LogP contribution in [-0.2, 0) is 19.2 Å². The smallest absolute Gasteiger partial charge is 0.240 e. The Morgan fingerprint density at radius 2 is 1.19 bits per heavy atom. The second-order valence-electron chi connectivity index (χ2n) is 11.3. The third-order valence-electron chi connectivity index (χ3n) is 6.69. The van der Waals surface area contributed by atoms with Gasteiger partial charge in [0.2, 0.25) is 11.8 Å². The van der Waals surface area contributed by atoms with Crippen molar-refractivity contribution in [2.45, 2.75) is 103 Å². The molecule has 0 saturated heterocycles. The Hall–Kier alpha value is -1.67. The van der Waals surface area contributed by atoms with Crippen LogP contribution >= 0.6 is 0 Å². The minimum absolute atomic E-state index is 0.0389. The first-order chi connectivity index (χ1) is 20.4. The third kappa shape index (κ3) is 28.4. The van der Waals surface area contributed by atoms with Gasteiger partial charge >= 0.3 is 0 Å². The quantitative estimate of drug-likeness (QED) is 0.0234. The highest BCUT2D eigenvalue weighted by Crippen LogP contribution is 2.05. The van der Waals surface area contributed by atoms with Crippen LogP contribution in [0.3, 0.4) is 0 Å². The third-order valence-corrected chi connectivity index (χ3v) is 6.69. The predicted octanol–water partition coefficient (Wildman–Crippen LogP) is 0.918. The van der Waals surface area contributed by atoms with Crippen LogP contribution in [0, 0.1) is 5.92 Å². The molecule has 0 aliphatic heterocycles. The Morgan fingerprint density at radius 3 is 1.60 bits per heavy atom. The molecule has 0 radical (unpaired) electrons. The fourth-order valence-electron chi connectivity index (χ4n) is 4.29. The average Bonchev–Trinajstić information content (AvgIpc) is 2.95. The van der Waals surface area contributed by atoms with E-state index in [0.717, 1.165) is 78.0 Å². The van der Waals surface area contributed by atoms with E-state index in [1.165, 1.54) is 38.5 Å². The van der Waals surface area contributed by atoms with Crippen molar-refractivity contribution in [1.29, 1.82) is 0 Å². The van der Waals surface area contributed by atoms with Gasteiger partial charge in [-0.05, 0) is 129 Å². The average molecular weight is 601 g/mol. The molecule has 12 nitrogen and oxygen atoms in total. The highest BCUT2D eigenvalue weighted by molar-refractivity contribution is 5.85. The molecule has 0 rings (SSSR count). The summed E-state index contributed by atoms with van der Waals surface area (Å²) in [5.74, 6) is -0.624. The van der Waals surface area contributed by atoms with Crippen LogP contribution in [0.2, 0.25) is 0 Å². The van der Waals surface area contributed by atoms with Gasteiger partial charge in [-0.2, -0.15) is 5.48 Å². The number of nitrogens with two attached hydrogens (primary N) is 1. The Balaban J connectivity index is 3.60. The summed E-state index contributed by atoms with van der Waals surface area (Å²) in [5.41, 5.74) is 7.93. The van der Waals surface area contributed by atoms with E-state index >= 15 is 0 Å². The van der Waals surface area contributed by atoms with Crippen LogP contribution in [0.5, 0.6) is 0 Å². The molecule has 0 saturated carbocycles. The number of aldehydes is 1. The van der Waals surface area contributed by atoms with Crippen LogP contribution in [0.15, 0.2) is 0 Å². The molecule has 0 aromatic carbocycles. The van der Waals surface area contributed by atoms with E-state index in [0.29, 0.717) is 6.42 Å². The van der Waals surface area contributed by atoms with E-state index in [-0.39, 0.29) is 31.4 Å². The molecule has 9 N–H and O–H groups in total.